The lowest BCUT2D eigenvalue weighted by atomic mass is 10.1. The first kappa shape index (κ1) is 13.5. The second kappa shape index (κ2) is 4.75. The Balaban J connectivity index is 2.89. The lowest BCUT2D eigenvalue weighted by molar-refractivity contribution is 0.0368. The molecule has 2 N–H and O–H groups in total. The van der Waals surface area contributed by atoms with Crippen LogP contribution in [0.15, 0.2) is 18.2 Å². The van der Waals surface area contributed by atoms with E-state index in [-0.39, 0.29) is 18.2 Å². The van der Waals surface area contributed by atoms with Gasteiger partial charge in [0.15, 0.2) is 0 Å². The highest BCUT2D eigenvalue weighted by molar-refractivity contribution is 5.94. The van der Waals surface area contributed by atoms with E-state index < -0.39 is 5.60 Å². The van der Waals surface area contributed by atoms with Crippen LogP contribution in [0.4, 0.5) is 0 Å². The fourth-order valence-electron chi connectivity index (χ4n) is 1.76. The van der Waals surface area contributed by atoms with Crippen molar-refractivity contribution in [2.75, 3.05) is 13.6 Å². The van der Waals surface area contributed by atoms with E-state index in [0.29, 0.717) is 5.56 Å². The van der Waals surface area contributed by atoms with Gasteiger partial charge in [0.05, 0.1) is 5.60 Å². The summed E-state index contributed by atoms with van der Waals surface area (Å²) in [6.07, 6.45) is 0. The van der Waals surface area contributed by atoms with Crippen LogP contribution < -0.4 is 0 Å². The second-order valence-electron chi connectivity index (χ2n) is 5.03. The molecule has 17 heavy (non-hydrogen) atoms. The molecule has 0 aliphatic rings. The molecule has 0 aliphatic carbocycles. The van der Waals surface area contributed by atoms with Crippen LogP contribution in [0.2, 0.25) is 0 Å². The molecule has 0 atom stereocenters. The van der Waals surface area contributed by atoms with Gasteiger partial charge in [-0.3, -0.25) is 4.79 Å². The van der Waals surface area contributed by atoms with E-state index in [1.807, 2.05) is 6.92 Å². The number of aliphatic hydroxyl groups is 1. The number of carbonyl (C=O) groups excluding carboxylic acids is 1. The molecule has 0 spiro atoms. The highest BCUT2D eigenvalue weighted by Crippen LogP contribution is 2.17. The number of rotatable bonds is 3. The maximum atomic E-state index is 12.0. The fourth-order valence-corrected chi connectivity index (χ4v) is 1.76. The van der Waals surface area contributed by atoms with E-state index in [2.05, 4.69) is 0 Å². The highest BCUT2D eigenvalue weighted by atomic mass is 16.3. The molecule has 0 saturated heterocycles. The molecule has 1 amide bonds. The number of nitrogens with zero attached hydrogens (tertiary/aromatic N) is 1. The molecule has 0 aromatic heterocycles. The van der Waals surface area contributed by atoms with Gasteiger partial charge >= 0.3 is 0 Å². The lowest BCUT2D eigenvalue weighted by Crippen LogP contribution is -2.39. The van der Waals surface area contributed by atoms with Crippen LogP contribution >= 0.6 is 0 Å². The van der Waals surface area contributed by atoms with Crippen LogP contribution in [0.1, 0.15) is 29.8 Å². The normalized spacial score (nSPS) is 11.4. The molecule has 1 rings (SSSR count). The van der Waals surface area contributed by atoms with Crippen LogP contribution in [0.25, 0.3) is 0 Å². The van der Waals surface area contributed by atoms with Gasteiger partial charge < -0.3 is 15.1 Å². The Kier molecular flexibility index (Phi) is 3.78. The van der Waals surface area contributed by atoms with Gasteiger partial charge in [-0.05, 0) is 44.5 Å². The number of aryl methyl sites for hydroxylation is 1. The summed E-state index contributed by atoms with van der Waals surface area (Å²) in [6.45, 7) is 5.34. The minimum Gasteiger partial charge on any atom is -0.508 e. The van der Waals surface area contributed by atoms with Crippen LogP contribution in [0, 0.1) is 6.92 Å². The summed E-state index contributed by atoms with van der Waals surface area (Å²) in [6, 6.07) is 4.73. The number of phenols is 1. The van der Waals surface area contributed by atoms with Crippen molar-refractivity contribution in [1.29, 1.82) is 0 Å². The largest absolute Gasteiger partial charge is 0.508 e. The maximum Gasteiger partial charge on any atom is 0.253 e. The lowest BCUT2D eigenvalue weighted by Gasteiger charge is -2.25. The van der Waals surface area contributed by atoms with Gasteiger partial charge in [0.1, 0.15) is 5.75 Å². The quantitative estimate of drug-likeness (QED) is 0.838. The second-order valence-corrected chi connectivity index (χ2v) is 5.03. The Morgan fingerprint density at radius 1 is 1.35 bits per heavy atom. The van der Waals surface area contributed by atoms with Crippen molar-refractivity contribution in [1.82, 2.24) is 4.90 Å². The standard InChI is InChI=1S/C13H19NO3/c1-9-5-10(7-11(15)6-9)12(16)14(4)8-13(2,3)17/h5-7,15,17H,8H2,1-4H3. The molecule has 4 heteroatoms. The molecule has 0 radical (unpaired) electrons. The first-order chi connectivity index (χ1) is 7.69. The third kappa shape index (κ3) is 4.07. The van der Waals surface area contributed by atoms with Crippen molar-refractivity contribution in [2.24, 2.45) is 0 Å². The van der Waals surface area contributed by atoms with Crippen molar-refractivity contribution in [3.05, 3.63) is 29.3 Å². The van der Waals surface area contributed by atoms with E-state index in [0.717, 1.165) is 5.56 Å². The van der Waals surface area contributed by atoms with Crippen molar-refractivity contribution in [3.8, 4) is 5.75 Å². The highest BCUT2D eigenvalue weighted by Gasteiger charge is 2.20. The third-order valence-electron chi connectivity index (χ3n) is 2.28. The monoisotopic (exact) mass is 237 g/mol. The van der Waals surface area contributed by atoms with Gasteiger partial charge in [-0.2, -0.15) is 0 Å². The Morgan fingerprint density at radius 2 is 1.94 bits per heavy atom. The number of aromatic hydroxyl groups is 1. The topological polar surface area (TPSA) is 60.8 Å². The minimum atomic E-state index is -0.934. The molecule has 0 unspecified atom stereocenters. The number of phenolic OH excluding ortho intramolecular Hbond substituents is 1. The van der Waals surface area contributed by atoms with E-state index >= 15 is 0 Å². The molecule has 0 aliphatic heterocycles. The van der Waals surface area contributed by atoms with Gasteiger partial charge in [-0.25, -0.2) is 0 Å². The van der Waals surface area contributed by atoms with E-state index in [1.54, 1.807) is 33.0 Å². The summed E-state index contributed by atoms with van der Waals surface area (Å²) in [5.74, 6) is -0.142. The summed E-state index contributed by atoms with van der Waals surface area (Å²) >= 11 is 0. The predicted molar refractivity (Wildman–Crippen MR) is 66.1 cm³/mol. The zero-order chi connectivity index (χ0) is 13.2. The van der Waals surface area contributed by atoms with Crippen molar-refractivity contribution in [2.45, 2.75) is 26.4 Å². The first-order valence-corrected chi connectivity index (χ1v) is 5.47. The Bertz CT molecular complexity index is 401. The van der Waals surface area contributed by atoms with E-state index in [4.69, 9.17) is 0 Å². The zero-order valence-electron chi connectivity index (χ0n) is 10.7. The summed E-state index contributed by atoms with van der Waals surface area (Å²) in [7, 11) is 1.62. The minimum absolute atomic E-state index is 0.0741. The SMILES string of the molecule is Cc1cc(O)cc(C(=O)N(C)CC(C)(C)O)c1. The number of carbonyl (C=O) groups is 1. The zero-order valence-corrected chi connectivity index (χ0v) is 10.7. The molecule has 0 bridgehead atoms. The molecule has 0 heterocycles. The van der Waals surface area contributed by atoms with Crippen LogP contribution in [0.3, 0.4) is 0 Å². The number of hydrogen-bond acceptors (Lipinski definition) is 3. The number of likely N-dealkylation sites (N-methyl/N-ethyl adjacent to an activating group) is 1. The van der Waals surface area contributed by atoms with Gasteiger partial charge in [-0.1, -0.05) is 0 Å². The summed E-state index contributed by atoms with van der Waals surface area (Å²) in [5, 5.41) is 19.1. The van der Waals surface area contributed by atoms with Gasteiger partial charge in [0, 0.05) is 19.2 Å². The van der Waals surface area contributed by atoms with Crippen molar-refractivity contribution < 1.29 is 15.0 Å². The number of amides is 1. The van der Waals surface area contributed by atoms with Crippen molar-refractivity contribution >= 4 is 5.91 Å². The molecule has 1 aromatic rings. The Morgan fingerprint density at radius 3 is 2.41 bits per heavy atom. The van der Waals surface area contributed by atoms with E-state index in [9.17, 15) is 15.0 Å². The first-order valence-electron chi connectivity index (χ1n) is 5.47. The Hall–Kier alpha value is -1.55. The molecule has 0 saturated carbocycles. The van der Waals surface area contributed by atoms with Gasteiger partial charge in [0.2, 0.25) is 0 Å². The van der Waals surface area contributed by atoms with E-state index in [1.165, 1.54) is 11.0 Å². The third-order valence-corrected chi connectivity index (χ3v) is 2.28. The Labute approximate surface area is 101 Å². The van der Waals surface area contributed by atoms with Gasteiger partial charge in [-0.15, -0.1) is 0 Å². The molecular weight excluding hydrogens is 218 g/mol. The molecule has 4 nitrogen and oxygen atoms in total. The van der Waals surface area contributed by atoms with Gasteiger partial charge in [0.25, 0.3) is 5.91 Å². The maximum absolute atomic E-state index is 12.0. The fraction of sp³-hybridized carbons (Fsp3) is 0.462. The average molecular weight is 237 g/mol. The predicted octanol–water partition coefficient (Wildman–Crippen LogP) is 1.54. The molecule has 94 valence electrons. The summed E-state index contributed by atoms with van der Waals surface area (Å²) < 4.78 is 0. The average Bonchev–Trinajstić information content (AvgIpc) is 2.12. The molecule has 1 aromatic carbocycles. The molecular formula is C13H19NO3. The molecule has 0 fully saturated rings. The van der Waals surface area contributed by atoms with Crippen molar-refractivity contribution in [3.63, 3.8) is 0 Å². The van der Waals surface area contributed by atoms with Crippen LogP contribution in [0.5, 0.6) is 5.75 Å². The van der Waals surface area contributed by atoms with Crippen LogP contribution in [-0.2, 0) is 0 Å². The number of hydrogen-bond donors (Lipinski definition) is 2. The van der Waals surface area contributed by atoms with Crippen LogP contribution in [-0.4, -0.2) is 40.2 Å². The smallest absolute Gasteiger partial charge is 0.253 e. The number of benzene rings is 1. The summed E-state index contributed by atoms with van der Waals surface area (Å²) in [5.41, 5.74) is 0.315. The summed E-state index contributed by atoms with van der Waals surface area (Å²) in [4.78, 5) is 13.5.